The molecule has 10 nitrogen and oxygen atoms in total. The Kier molecular flexibility index (Phi) is 5.74. The number of halogens is 3. The summed E-state index contributed by atoms with van der Waals surface area (Å²) in [6.45, 7) is 0. The van der Waals surface area contributed by atoms with Crippen molar-refractivity contribution in [3.63, 3.8) is 0 Å². The number of fused-ring (bicyclic) bond motifs is 3. The zero-order chi connectivity index (χ0) is 26.3. The first-order chi connectivity index (χ1) is 17.6. The van der Waals surface area contributed by atoms with Crippen LogP contribution in [0.25, 0.3) is 16.9 Å². The van der Waals surface area contributed by atoms with E-state index in [1.54, 1.807) is 6.07 Å². The molecule has 2 aromatic carbocycles. The number of nitro groups is 1. The molecule has 0 spiro atoms. The van der Waals surface area contributed by atoms with Crippen LogP contribution in [0.1, 0.15) is 37.7 Å². The van der Waals surface area contributed by atoms with E-state index in [1.165, 1.54) is 47.3 Å². The van der Waals surface area contributed by atoms with Crippen LogP contribution in [0.15, 0.2) is 65.3 Å². The van der Waals surface area contributed by atoms with Crippen LogP contribution in [-0.4, -0.2) is 26.5 Å². The zero-order valence-corrected chi connectivity index (χ0v) is 18.7. The second kappa shape index (κ2) is 8.93. The molecule has 188 valence electrons. The molecule has 0 aliphatic heterocycles. The van der Waals surface area contributed by atoms with Crippen molar-refractivity contribution in [2.75, 3.05) is 0 Å². The molecule has 0 unspecified atom stereocenters. The highest BCUT2D eigenvalue weighted by Crippen LogP contribution is 2.42. The van der Waals surface area contributed by atoms with Gasteiger partial charge in [-0.3, -0.25) is 30.6 Å². The van der Waals surface area contributed by atoms with Gasteiger partial charge in [-0.05, 0) is 48.9 Å². The highest BCUT2D eigenvalue weighted by molar-refractivity contribution is 5.99. The smallest absolute Gasteiger partial charge is 0.435 e. The van der Waals surface area contributed by atoms with Gasteiger partial charge in [0.2, 0.25) is 0 Å². The second-order valence-corrected chi connectivity index (χ2v) is 8.10. The molecule has 0 saturated heterocycles. The maximum atomic E-state index is 13.7. The van der Waals surface area contributed by atoms with Crippen LogP contribution in [0, 0.1) is 10.1 Å². The van der Waals surface area contributed by atoms with Gasteiger partial charge in [0.1, 0.15) is 5.76 Å². The number of hydrogen-bond donors (Lipinski definition) is 2. The minimum atomic E-state index is -4.64. The molecule has 37 heavy (non-hydrogen) atoms. The number of alkyl halides is 3. The quantitative estimate of drug-likeness (QED) is 0.311. The van der Waals surface area contributed by atoms with Crippen LogP contribution in [0.4, 0.5) is 18.9 Å². The fraction of sp³-hybridized carbons (Fsp3) is 0.125. The third-order valence-electron chi connectivity index (χ3n) is 5.86. The van der Waals surface area contributed by atoms with E-state index in [0.29, 0.717) is 23.4 Å². The number of aromatic nitrogens is 2. The molecule has 0 radical (unpaired) electrons. The van der Waals surface area contributed by atoms with Gasteiger partial charge in [0.05, 0.1) is 22.6 Å². The summed E-state index contributed by atoms with van der Waals surface area (Å²) in [5.41, 5.74) is 4.66. The third kappa shape index (κ3) is 4.42. The van der Waals surface area contributed by atoms with Gasteiger partial charge < -0.3 is 4.42 Å². The van der Waals surface area contributed by atoms with E-state index in [2.05, 4.69) is 16.0 Å². The van der Waals surface area contributed by atoms with Crippen molar-refractivity contribution in [1.29, 1.82) is 0 Å². The summed E-state index contributed by atoms with van der Waals surface area (Å²) in [5.74, 6) is -0.807. The summed E-state index contributed by atoms with van der Waals surface area (Å²) >= 11 is 0. The Hall–Kier alpha value is -4.94. The number of rotatable bonds is 4. The van der Waals surface area contributed by atoms with Crippen molar-refractivity contribution in [1.82, 2.24) is 20.6 Å². The lowest BCUT2D eigenvalue weighted by molar-refractivity contribution is -0.384. The van der Waals surface area contributed by atoms with Crippen LogP contribution >= 0.6 is 0 Å². The largest absolute Gasteiger partial charge is 0.469 e. The Morgan fingerprint density at radius 2 is 1.54 bits per heavy atom. The third-order valence-corrected chi connectivity index (χ3v) is 5.86. The van der Waals surface area contributed by atoms with E-state index >= 15 is 0 Å². The standard InChI is InChI=1S/C24H16F3N5O5/c25-24(26,27)21-18-9-10-19-17(11-12-37-19)20(18)31(30-21)15-5-1-13(2-6-15)22(33)28-29-23(34)14-3-7-16(8-4-14)32(35)36/h1-8,11-12H,9-10H2,(H,28,33)(H,29,34). The lowest BCUT2D eigenvalue weighted by Crippen LogP contribution is -2.41. The topological polar surface area (TPSA) is 132 Å². The van der Waals surface area contributed by atoms with Gasteiger partial charge in [0.25, 0.3) is 17.5 Å². The monoisotopic (exact) mass is 511 g/mol. The molecular weight excluding hydrogens is 495 g/mol. The SMILES string of the molecule is O=C(NNC(=O)c1ccc([N+](=O)[O-])cc1)c1ccc(-n2nc(C(F)(F)F)c3c2-c2ccoc2CC3)cc1. The zero-order valence-electron chi connectivity index (χ0n) is 18.7. The summed E-state index contributed by atoms with van der Waals surface area (Å²) in [5, 5.41) is 14.6. The van der Waals surface area contributed by atoms with E-state index in [4.69, 9.17) is 4.42 Å². The fourth-order valence-corrected chi connectivity index (χ4v) is 4.11. The normalized spacial score (nSPS) is 12.4. The summed E-state index contributed by atoms with van der Waals surface area (Å²) in [6.07, 6.45) is -2.77. The molecule has 2 aromatic heterocycles. The number of furan rings is 1. The lowest BCUT2D eigenvalue weighted by Gasteiger charge is -2.15. The van der Waals surface area contributed by atoms with Crippen molar-refractivity contribution >= 4 is 17.5 Å². The number of nitro benzene ring substituents is 1. The Labute approximate surface area is 205 Å². The first-order valence-corrected chi connectivity index (χ1v) is 10.8. The first-order valence-electron chi connectivity index (χ1n) is 10.8. The van der Waals surface area contributed by atoms with Gasteiger partial charge in [0, 0.05) is 40.8 Å². The predicted molar refractivity (Wildman–Crippen MR) is 122 cm³/mol. The van der Waals surface area contributed by atoms with Crippen LogP contribution < -0.4 is 10.9 Å². The summed E-state index contributed by atoms with van der Waals surface area (Å²) < 4.78 is 47.7. The lowest BCUT2D eigenvalue weighted by atomic mass is 9.94. The first kappa shape index (κ1) is 23.8. The number of hydrazine groups is 1. The van der Waals surface area contributed by atoms with E-state index < -0.39 is 28.6 Å². The number of benzene rings is 2. The van der Waals surface area contributed by atoms with Crippen molar-refractivity contribution in [2.45, 2.75) is 19.0 Å². The van der Waals surface area contributed by atoms with Crippen LogP contribution in [-0.2, 0) is 19.0 Å². The Balaban J connectivity index is 1.35. The van der Waals surface area contributed by atoms with Gasteiger partial charge in [-0.15, -0.1) is 0 Å². The summed E-state index contributed by atoms with van der Waals surface area (Å²) in [4.78, 5) is 34.8. The average molecular weight is 511 g/mol. The highest BCUT2D eigenvalue weighted by atomic mass is 19.4. The average Bonchev–Trinajstić information content (AvgIpc) is 3.51. The molecule has 13 heteroatoms. The molecule has 1 aliphatic rings. The van der Waals surface area contributed by atoms with Crippen molar-refractivity contribution in [3.05, 3.63) is 99.1 Å². The van der Waals surface area contributed by atoms with Crippen LogP contribution in [0.5, 0.6) is 0 Å². The number of aryl methyl sites for hydroxylation is 1. The molecule has 1 aliphatic carbocycles. The molecule has 2 heterocycles. The number of amides is 2. The number of hydrogen-bond acceptors (Lipinski definition) is 6. The molecule has 5 rings (SSSR count). The van der Waals surface area contributed by atoms with E-state index in [0.717, 1.165) is 12.1 Å². The Bertz CT molecular complexity index is 1520. The Morgan fingerprint density at radius 3 is 2.11 bits per heavy atom. The fourth-order valence-electron chi connectivity index (χ4n) is 4.11. The van der Waals surface area contributed by atoms with Gasteiger partial charge >= 0.3 is 6.18 Å². The number of non-ortho nitro benzene ring substituents is 1. The molecule has 0 bridgehead atoms. The number of nitrogens with zero attached hydrogens (tertiary/aromatic N) is 3. The molecule has 0 saturated carbocycles. The predicted octanol–water partition coefficient (Wildman–Crippen LogP) is 4.23. The highest BCUT2D eigenvalue weighted by Gasteiger charge is 2.41. The van der Waals surface area contributed by atoms with E-state index in [-0.39, 0.29) is 34.5 Å². The van der Waals surface area contributed by atoms with Gasteiger partial charge in [0.15, 0.2) is 5.69 Å². The van der Waals surface area contributed by atoms with Crippen molar-refractivity contribution in [3.8, 4) is 16.9 Å². The molecule has 0 fully saturated rings. The summed E-state index contributed by atoms with van der Waals surface area (Å²) in [7, 11) is 0. The van der Waals surface area contributed by atoms with E-state index in [9.17, 15) is 32.9 Å². The van der Waals surface area contributed by atoms with Crippen LogP contribution in [0.2, 0.25) is 0 Å². The summed E-state index contributed by atoms with van der Waals surface area (Å²) in [6, 6.07) is 12.0. The molecular formula is C24H16F3N5O5. The van der Waals surface area contributed by atoms with Crippen molar-refractivity contribution < 1.29 is 32.1 Å². The van der Waals surface area contributed by atoms with Crippen molar-refractivity contribution in [2.24, 2.45) is 0 Å². The van der Waals surface area contributed by atoms with Gasteiger partial charge in [-0.1, -0.05) is 0 Å². The minimum Gasteiger partial charge on any atom is -0.469 e. The number of nitrogens with one attached hydrogen (secondary N) is 2. The van der Waals surface area contributed by atoms with E-state index in [1.807, 2.05) is 0 Å². The molecule has 4 aromatic rings. The van der Waals surface area contributed by atoms with Gasteiger partial charge in [-0.2, -0.15) is 18.3 Å². The maximum absolute atomic E-state index is 13.7. The van der Waals surface area contributed by atoms with Crippen LogP contribution in [0.3, 0.4) is 0 Å². The maximum Gasteiger partial charge on any atom is 0.435 e. The van der Waals surface area contributed by atoms with Gasteiger partial charge in [-0.25, -0.2) is 4.68 Å². The minimum absolute atomic E-state index is 0.0807. The Morgan fingerprint density at radius 1 is 0.946 bits per heavy atom. The second-order valence-electron chi connectivity index (χ2n) is 8.10. The molecule has 2 N–H and O–H groups in total. The molecule has 0 atom stereocenters. The number of carbonyl (C=O) groups is 2. The number of carbonyl (C=O) groups excluding carboxylic acids is 2. The molecule has 2 amide bonds.